The number of esters is 1. The largest absolute Gasteiger partial charge is 0.480 e. The normalized spacial score (nSPS) is 17.5. The lowest BCUT2D eigenvalue weighted by molar-refractivity contribution is -0.384. The number of nitrogens with zero attached hydrogens (tertiary/aromatic N) is 6. The number of imidazole rings is 1. The number of carbonyl (C=O) groups excluding carboxylic acids is 1. The monoisotopic (exact) mass is 479 g/mol. The van der Waals surface area contributed by atoms with E-state index in [0.29, 0.717) is 18.0 Å². The van der Waals surface area contributed by atoms with E-state index in [1.165, 1.54) is 32.4 Å². The molecule has 2 atom stereocenters. The summed E-state index contributed by atoms with van der Waals surface area (Å²) in [5.74, 6) is 1.10. The number of benzene rings is 1. The molecule has 4 rings (SSSR count). The number of nitriles is 1. The van der Waals surface area contributed by atoms with E-state index in [1.54, 1.807) is 6.07 Å². The number of hydrogen-bond acceptors (Lipinski definition) is 10. The van der Waals surface area contributed by atoms with Crippen LogP contribution in [-0.4, -0.2) is 50.2 Å². The van der Waals surface area contributed by atoms with Crippen molar-refractivity contribution in [3.63, 3.8) is 0 Å². The van der Waals surface area contributed by atoms with Crippen LogP contribution in [0, 0.1) is 21.4 Å². The summed E-state index contributed by atoms with van der Waals surface area (Å²) in [6.07, 6.45) is 4.90. The molecule has 1 aromatic carbocycles. The number of nitro groups is 1. The van der Waals surface area contributed by atoms with Gasteiger partial charge in [-0.2, -0.15) is 10.2 Å². The molecule has 1 fully saturated rings. The second-order valence-electron chi connectivity index (χ2n) is 8.32. The van der Waals surface area contributed by atoms with Gasteiger partial charge >= 0.3 is 5.97 Å². The number of nitrogens with one attached hydrogen (secondary N) is 1. The van der Waals surface area contributed by atoms with Gasteiger partial charge in [0.25, 0.3) is 5.69 Å². The minimum atomic E-state index is -0.441. The van der Waals surface area contributed by atoms with Crippen LogP contribution in [0.2, 0.25) is 0 Å². The quantitative estimate of drug-likeness (QED) is 0.288. The molecule has 0 radical (unpaired) electrons. The second kappa shape index (κ2) is 10.3. The summed E-state index contributed by atoms with van der Waals surface area (Å²) < 4.78 is 12.3. The van der Waals surface area contributed by atoms with Crippen molar-refractivity contribution < 1.29 is 19.2 Å². The smallest absolute Gasteiger partial charge is 0.302 e. The minimum absolute atomic E-state index is 0.0243. The zero-order valence-electron chi connectivity index (χ0n) is 19.4. The Hall–Kier alpha value is -4.27. The number of methoxy groups -OCH3 is 1. The third kappa shape index (κ3) is 5.29. The highest BCUT2D eigenvalue weighted by Crippen LogP contribution is 2.36. The number of ether oxygens (including phenoxy) is 2. The molecule has 1 N–H and O–H groups in total. The Morgan fingerprint density at radius 3 is 2.91 bits per heavy atom. The van der Waals surface area contributed by atoms with Crippen molar-refractivity contribution in [2.45, 2.75) is 51.1 Å². The standard InChI is InChI=1S/C23H25N7O5/c1-14(31)35-9-8-29-20-7-6-18(30(32)33)11-19(20)27-21(29)15-4-3-5-17(10-15)26-23-25-13-16(12-24)22(28-23)34-2/h6-7,11,13,15,17H,3-5,8-10H2,1-2H3,(H,25,26,28)/t15-,17+/m0/s1. The molecule has 1 saturated carbocycles. The topological polar surface area (TPSA) is 158 Å². The van der Waals surface area contributed by atoms with E-state index in [1.807, 2.05) is 10.6 Å². The Morgan fingerprint density at radius 1 is 1.37 bits per heavy atom. The molecule has 0 unspecified atom stereocenters. The summed E-state index contributed by atoms with van der Waals surface area (Å²) in [5.41, 5.74) is 1.53. The summed E-state index contributed by atoms with van der Waals surface area (Å²) in [7, 11) is 1.45. The molecule has 1 aliphatic carbocycles. The molecular formula is C23H25N7O5. The van der Waals surface area contributed by atoms with Gasteiger partial charge in [0.05, 0.1) is 35.8 Å². The maximum absolute atomic E-state index is 11.3. The van der Waals surface area contributed by atoms with Gasteiger partial charge in [-0.3, -0.25) is 14.9 Å². The molecule has 0 bridgehead atoms. The number of carbonyl (C=O) groups is 1. The van der Waals surface area contributed by atoms with E-state index >= 15 is 0 Å². The predicted octanol–water partition coefficient (Wildman–Crippen LogP) is 3.32. The van der Waals surface area contributed by atoms with Crippen LogP contribution >= 0.6 is 0 Å². The number of anilines is 1. The number of hydrogen-bond donors (Lipinski definition) is 1. The number of rotatable bonds is 8. The van der Waals surface area contributed by atoms with E-state index in [-0.39, 0.29) is 41.7 Å². The van der Waals surface area contributed by atoms with Gasteiger partial charge in [0.2, 0.25) is 11.8 Å². The van der Waals surface area contributed by atoms with E-state index in [4.69, 9.17) is 19.7 Å². The molecule has 3 aromatic rings. The van der Waals surface area contributed by atoms with E-state index < -0.39 is 4.92 Å². The summed E-state index contributed by atoms with van der Waals surface area (Å²) >= 11 is 0. The van der Waals surface area contributed by atoms with Crippen molar-refractivity contribution in [2.24, 2.45) is 0 Å². The fourth-order valence-corrected chi connectivity index (χ4v) is 4.48. The first-order valence-corrected chi connectivity index (χ1v) is 11.2. The third-order valence-corrected chi connectivity index (χ3v) is 6.03. The Morgan fingerprint density at radius 2 is 2.20 bits per heavy atom. The first-order valence-electron chi connectivity index (χ1n) is 11.2. The molecule has 2 heterocycles. The Bertz CT molecular complexity index is 1300. The van der Waals surface area contributed by atoms with Crippen molar-refractivity contribution >= 4 is 28.6 Å². The number of non-ortho nitro benzene ring substituents is 1. The highest BCUT2D eigenvalue weighted by molar-refractivity contribution is 5.79. The number of aromatic nitrogens is 4. The molecular weight excluding hydrogens is 454 g/mol. The van der Waals surface area contributed by atoms with Crippen molar-refractivity contribution in [3.05, 3.63) is 45.9 Å². The van der Waals surface area contributed by atoms with Gasteiger partial charge in [-0.15, -0.1) is 0 Å². The number of nitro benzene ring substituents is 1. The molecule has 2 aromatic heterocycles. The molecule has 182 valence electrons. The van der Waals surface area contributed by atoms with Crippen LogP contribution in [0.1, 0.15) is 49.9 Å². The van der Waals surface area contributed by atoms with Crippen LogP contribution in [0.25, 0.3) is 11.0 Å². The Kier molecular flexibility index (Phi) is 7.05. The molecule has 0 aliphatic heterocycles. The van der Waals surface area contributed by atoms with Crippen LogP contribution < -0.4 is 10.1 Å². The first kappa shape index (κ1) is 23.9. The molecule has 12 nitrogen and oxygen atoms in total. The predicted molar refractivity (Wildman–Crippen MR) is 125 cm³/mol. The van der Waals surface area contributed by atoms with Gasteiger partial charge in [0.15, 0.2) is 0 Å². The molecule has 35 heavy (non-hydrogen) atoms. The molecule has 1 aliphatic rings. The van der Waals surface area contributed by atoms with Crippen LogP contribution in [0.15, 0.2) is 24.4 Å². The van der Waals surface area contributed by atoms with Crippen LogP contribution in [0.3, 0.4) is 0 Å². The zero-order valence-corrected chi connectivity index (χ0v) is 19.4. The third-order valence-electron chi connectivity index (χ3n) is 6.03. The molecule has 12 heteroatoms. The lowest BCUT2D eigenvalue weighted by atomic mass is 9.85. The highest BCUT2D eigenvalue weighted by atomic mass is 16.6. The Balaban J connectivity index is 1.60. The molecule has 0 spiro atoms. The lowest BCUT2D eigenvalue weighted by Gasteiger charge is -2.30. The summed E-state index contributed by atoms with van der Waals surface area (Å²) in [6.45, 7) is 1.93. The van der Waals surface area contributed by atoms with Gasteiger partial charge in [0, 0.05) is 31.0 Å². The maximum atomic E-state index is 11.3. The summed E-state index contributed by atoms with van der Waals surface area (Å²) in [6, 6.07) is 6.67. The second-order valence-corrected chi connectivity index (χ2v) is 8.32. The van der Waals surface area contributed by atoms with Gasteiger partial charge in [0.1, 0.15) is 24.1 Å². The van der Waals surface area contributed by atoms with Gasteiger partial charge < -0.3 is 19.4 Å². The van der Waals surface area contributed by atoms with E-state index in [9.17, 15) is 14.9 Å². The van der Waals surface area contributed by atoms with Crippen molar-refractivity contribution in [2.75, 3.05) is 19.0 Å². The Labute approximate surface area is 201 Å². The lowest BCUT2D eigenvalue weighted by Crippen LogP contribution is -2.29. The minimum Gasteiger partial charge on any atom is -0.480 e. The summed E-state index contributed by atoms with van der Waals surface area (Å²) in [5, 5.41) is 23.7. The van der Waals surface area contributed by atoms with Crippen LogP contribution in [0.4, 0.5) is 11.6 Å². The van der Waals surface area contributed by atoms with E-state index in [2.05, 4.69) is 15.3 Å². The van der Waals surface area contributed by atoms with Crippen molar-refractivity contribution in [3.8, 4) is 11.9 Å². The zero-order chi connectivity index (χ0) is 24.9. The fraction of sp³-hybridized carbons (Fsp3) is 0.435. The fourth-order valence-electron chi connectivity index (χ4n) is 4.48. The van der Waals surface area contributed by atoms with Crippen LogP contribution in [-0.2, 0) is 16.1 Å². The SMILES string of the molecule is COc1nc(N[C@@H]2CCC[C@H](c3nc4cc([N+](=O)[O-])ccc4n3CCOC(C)=O)C2)ncc1C#N. The molecule has 0 saturated heterocycles. The first-order chi connectivity index (χ1) is 16.9. The van der Waals surface area contributed by atoms with Crippen LogP contribution in [0.5, 0.6) is 5.88 Å². The van der Waals surface area contributed by atoms with Gasteiger partial charge in [-0.05, 0) is 25.3 Å². The van der Waals surface area contributed by atoms with E-state index in [0.717, 1.165) is 37.0 Å². The average Bonchev–Trinajstić information content (AvgIpc) is 3.21. The van der Waals surface area contributed by atoms with Crippen molar-refractivity contribution in [1.29, 1.82) is 5.26 Å². The molecule has 0 amide bonds. The number of fused-ring (bicyclic) bond motifs is 1. The highest BCUT2D eigenvalue weighted by Gasteiger charge is 2.28. The van der Waals surface area contributed by atoms with Gasteiger partial charge in [-0.1, -0.05) is 6.42 Å². The van der Waals surface area contributed by atoms with Crippen molar-refractivity contribution in [1.82, 2.24) is 19.5 Å². The maximum Gasteiger partial charge on any atom is 0.302 e. The van der Waals surface area contributed by atoms with Gasteiger partial charge in [-0.25, -0.2) is 9.97 Å². The summed E-state index contributed by atoms with van der Waals surface area (Å²) in [4.78, 5) is 35.4. The average molecular weight is 479 g/mol.